The second kappa shape index (κ2) is 9.55. The van der Waals surface area contributed by atoms with E-state index in [0.717, 1.165) is 40.9 Å². The zero-order chi connectivity index (χ0) is 21.0. The van der Waals surface area contributed by atoms with Gasteiger partial charge in [-0.05, 0) is 44.7 Å². The van der Waals surface area contributed by atoms with Gasteiger partial charge in [0, 0.05) is 18.9 Å². The van der Waals surface area contributed by atoms with Gasteiger partial charge in [-0.1, -0.05) is 13.8 Å². The van der Waals surface area contributed by atoms with Gasteiger partial charge in [-0.2, -0.15) is 5.26 Å². The van der Waals surface area contributed by atoms with Crippen LogP contribution in [0.1, 0.15) is 69.9 Å². The lowest BCUT2D eigenvalue weighted by molar-refractivity contribution is -0.120. The van der Waals surface area contributed by atoms with Gasteiger partial charge in [0.05, 0.1) is 34.0 Å². The Morgan fingerprint density at radius 1 is 1.28 bits per heavy atom. The Balaban J connectivity index is 1.58. The number of fused-ring (bicyclic) bond motifs is 1. The summed E-state index contributed by atoms with van der Waals surface area (Å²) in [5.74, 6) is 0.958. The third kappa shape index (κ3) is 5.46. The van der Waals surface area contributed by atoms with Crippen molar-refractivity contribution in [1.82, 2.24) is 10.3 Å². The number of nitriles is 1. The highest BCUT2D eigenvalue weighted by molar-refractivity contribution is 7.18. The Morgan fingerprint density at radius 3 is 2.59 bits per heavy atom. The summed E-state index contributed by atoms with van der Waals surface area (Å²) >= 11 is 1.58. The SMILES string of the molecule is CC(=O)N[C@@H](C)CO[C@H]1CC[C@H](Oc2ccc3nc(C(C)C)sc3c2C#N)CC1. The molecule has 1 aromatic heterocycles. The van der Waals surface area contributed by atoms with Crippen LogP contribution in [-0.4, -0.2) is 35.7 Å². The number of aromatic nitrogens is 1. The Bertz CT molecular complexity index is 895. The third-order valence-corrected chi connectivity index (χ3v) is 6.48. The number of thiazole rings is 1. The second-order valence-electron chi connectivity index (χ2n) is 8.06. The molecule has 7 heteroatoms. The summed E-state index contributed by atoms with van der Waals surface area (Å²) in [7, 11) is 0. The fourth-order valence-electron chi connectivity index (χ4n) is 3.61. The number of hydrogen-bond acceptors (Lipinski definition) is 6. The summed E-state index contributed by atoms with van der Waals surface area (Å²) in [6, 6.07) is 6.17. The minimum Gasteiger partial charge on any atom is -0.489 e. The average Bonchev–Trinajstić information content (AvgIpc) is 3.11. The highest BCUT2D eigenvalue weighted by Crippen LogP contribution is 2.36. The highest BCUT2D eigenvalue weighted by atomic mass is 32.1. The van der Waals surface area contributed by atoms with E-state index in [0.29, 0.717) is 23.8 Å². The molecule has 1 aromatic carbocycles. The highest BCUT2D eigenvalue weighted by Gasteiger charge is 2.25. The van der Waals surface area contributed by atoms with E-state index in [1.54, 1.807) is 11.3 Å². The molecule has 1 aliphatic rings. The summed E-state index contributed by atoms with van der Waals surface area (Å²) in [5, 5.41) is 13.6. The lowest BCUT2D eigenvalue weighted by atomic mass is 9.94. The van der Waals surface area contributed by atoms with Gasteiger partial charge in [-0.15, -0.1) is 11.3 Å². The Labute approximate surface area is 176 Å². The van der Waals surface area contributed by atoms with Crippen LogP contribution in [0.5, 0.6) is 5.75 Å². The van der Waals surface area contributed by atoms with Crippen molar-refractivity contribution in [3.05, 3.63) is 22.7 Å². The van der Waals surface area contributed by atoms with Gasteiger partial charge in [0.2, 0.25) is 5.91 Å². The maximum absolute atomic E-state index is 11.1. The molecule has 1 atom stereocenters. The number of rotatable bonds is 7. The molecule has 1 saturated carbocycles. The van der Waals surface area contributed by atoms with E-state index in [9.17, 15) is 10.1 Å². The normalized spacial score (nSPS) is 20.4. The van der Waals surface area contributed by atoms with Crippen LogP contribution >= 0.6 is 11.3 Å². The Morgan fingerprint density at radius 2 is 1.97 bits per heavy atom. The molecule has 6 nitrogen and oxygen atoms in total. The Kier molecular flexibility index (Phi) is 7.09. The minimum absolute atomic E-state index is 0.0153. The van der Waals surface area contributed by atoms with Crippen molar-refractivity contribution in [2.75, 3.05) is 6.61 Å². The zero-order valence-corrected chi connectivity index (χ0v) is 18.3. The summed E-state index contributed by atoms with van der Waals surface area (Å²) in [6.45, 7) is 8.20. The van der Waals surface area contributed by atoms with E-state index in [-0.39, 0.29) is 24.2 Å². The lowest BCUT2D eigenvalue weighted by Crippen LogP contribution is -2.36. The van der Waals surface area contributed by atoms with Crippen molar-refractivity contribution in [1.29, 1.82) is 5.26 Å². The monoisotopic (exact) mass is 415 g/mol. The molecule has 1 N–H and O–H groups in total. The predicted molar refractivity (Wildman–Crippen MR) is 114 cm³/mol. The Hall–Kier alpha value is -2.17. The number of ether oxygens (including phenoxy) is 2. The molecular weight excluding hydrogens is 386 g/mol. The first-order chi connectivity index (χ1) is 13.9. The second-order valence-corrected chi connectivity index (χ2v) is 9.09. The number of amides is 1. The van der Waals surface area contributed by atoms with Gasteiger partial charge in [-0.25, -0.2) is 4.98 Å². The summed E-state index contributed by atoms with van der Waals surface area (Å²) in [5.41, 5.74) is 1.46. The molecule has 0 saturated heterocycles. The van der Waals surface area contributed by atoms with Crippen LogP contribution in [0.4, 0.5) is 0 Å². The first-order valence-corrected chi connectivity index (χ1v) is 11.1. The molecule has 0 unspecified atom stereocenters. The maximum Gasteiger partial charge on any atom is 0.217 e. The molecule has 0 aliphatic heterocycles. The molecule has 1 heterocycles. The van der Waals surface area contributed by atoms with Crippen molar-refractivity contribution < 1.29 is 14.3 Å². The predicted octanol–water partition coefficient (Wildman–Crippen LogP) is 4.52. The lowest BCUT2D eigenvalue weighted by Gasteiger charge is -2.30. The van der Waals surface area contributed by atoms with E-state index in [4.69, 9.17) is 9.47 Å². The number of benzene rings is 1. The first kappa shape index (κ1) is 21.5. The summed E-state index contributed by atoms with van der Waals surface area (Å²) in [6.07, 6.45) is 3.90. The van der Waals surface area contributed by atoms with E-state index < -0.39 is 0 Å². The smallest absolute Gasteiger partial charge is 0.217 e. The molecule has 0 spiro atoms. The molecular formula is C22H29N3O3S. The van der Waals surface area contributed by atoms with E-state index in [1.807, 2.05) is 19.1 Å². The maximum atomic E-state index is 11.1. The van der Waals surface area contributed by atoms with Crippen LogP contribution in [0.2, 0.25) is 0 Å². The standard InChI is InChI=1S/C22H29N3O3S/c1-13(2)22-25-19-9-10-20(18(11-23)21(19)29-22)28-17-7-5-16(6-8-17)27-12-14(3)24-15(4)26/h9-10,13-14,16-17H,5-8,12H2,1-4H3,(H,24,26)/t14-,16-,17-/m0/s1. The fraction of sp³-hybridized carbons (Fsp3) is 0.591. The molecule has 1 amide bonds. The van der Waals surface area contributed by atoms with E-state index >= 15 is 0 Å². The van der Waals surface area contributed by atoms with Crippen LogP contribution < -0.4 is 10.1 Å². The van der Waals surface area contributed by atoms with Crippen LogP contribution in [0, 0.1) is 11.3 Å². The largest absolute Gasteiger partial charge is 0.489 e. The van der Waals surface area contributed by atoms with Crippen molar-refractivity contribution in [2.45, 2.75) is 77.5 Å². The van der Waals surface area contributed by atoms with Gasteiger partial charge < -0.3 is 14.8 Å². The number of carbonyl (C=O) groups is 1. The van der Waals surface area contributed by atoms with Gasteiger partial charge in [0.15, 0.2) is 0 Å². The van der Waals surface area contributed by atoms with Gasteiger partial charge in [0.25, 0.3) is 0 Å². The topological polar surface area (TPSA) is 84.2 Å². The summed E-state index contributed by atoms with van der Waals surface area (Å²) in [4.78, 5) is 15.7. The van der Waals surface area contributed by atoms with Crippen LogP contribution in [-0.2, 0) is 9.53 Å². The van der Waals surface area contributed by atoms with Crippen LogP contribution in [0.15, 0.2) is 12.1 Å². The third-order valence-electron chi connectivity index (χ3n) is 5.09. The molecule has 1 aliphatic carbocycles. The van der Waals surface area contributed by atoms with Crippen molar-refractivity contribution in [3.63, 3.8) is 0 Å². The molecule has 0 bridgehead atoms. The van der Waals surface area contributed by atoms with Gasteiger partial charge in [0.1, 0.15) is 17.4 Å². The molecule has 1 fully saturated rings. The number of nitrogens with zero attached hydrogens (tertiary/aromatic N) is 2. The van der Waals surface area contributed by atoms with Crippen molar-refractivity contribution >= 4 is 27.5 Å². The number of nitrogens with one attached hydrogen (secondary N) is 1. The summed E-state index contributed by atoms with van der Waals surface area (Å²) < 4.78 is 13.1. The molecule has 29 heavy (non-hydrogen) atoms. The fourth-order valence-corrected chi connectivity index (χ4v) is 4.66. The number of carbonyl (C=O) groups excluding carboxylic acids is 1. The van der Waals surface area contributed by atoms with Crippen LogP contribution in [0.25, 0.3) is 10.2 Å². The van der Waals surface area contributed by atoms with E-state index in [1.165, 1.54) is 6.92 Å². The molecule has 2 aromatic rings. The van der Waals surface area contributed by atoms with Crippen molar-refractivity contribution in [3.8, 4) is 11.8 Å². The number of hydrogen-bond donors (Lipinski definition) is 1. The van der Waals surface area contributed by atoms with Crippen molar-refractivity contribution in [2.24, 2.45) is 0 Å². The van der Waals surface area contributed by atoms with Crippen LogP contribution in [0.3, 0.4) is 0 Å². The minimum atomic E-state index is -0.0371. The zero-order valence-electron chi connectivity index (χ0n) is 17.5. The molecule has 156 valence electrons. The quantitative estimate of drug-likeness (QED) is 0.718. The molecule has 0 radical (unpaired) electrons. The molecule has 3 rings (SSSR count). The average molecular weight is 416 g/mol. The van der Waals surface area contributed by atoms with Gasteiger partial charge >= 0.3 is 0 Å². The van der Waals surface area contributed by atoms with E-state index in [2.05, 4.69) is 30.2 Å². The van der Waals surface area contributed by atoms with Gasteiger partial charge in [-0.3, -0.25) is 4.79 Å². The first-order valence-electron chi connectivity index (χ1n) is 10.3.